The van der Waals surface area contributed by atoms with Crippen molar-refractivity contribution in [1.82, 2.24) is 0 Å². The van der Waals surface area contributed by atoms with Gasteiger partial charge in [0.15, 0.2) is 0 Å². The van der Waals surface area contributed by atoms with Crippen LogP contribution in [0.2, 0.25) is 0 Å². The molecule has 0 amide bonds. The number of methoxy groups -OCH3 is 1. The molecule has 0 unspecified atom stereocenters. The summed E-state index contributed by atoms with van der Waals surface area (Å²) in [7, 11) is 1.61. The van der Waals surface area contributed by atoms with Crippen LogP contribution in [-0.2, 0) is 4.74 Å². The Morgan fingerprint density at radius 1 is 1.31 bits per heavy atom. The molecule has 0 N–H and O–H groups in total. The molecule has 0 atom stereocenters. The molecule has 86 valence electrons. The van der Waals surface area contributed by atoms with Gasteiger partial charge in [0.1, 0.15) is 12.4 Å². The van der Waals surface area contributed by atoms with Crippen molar-refractivity contribution in [2.45, 2.75) is 0 Å². The van der Waals surface area contributed by atoms with Crippen LogP contribution in [0.1, 0.15) is 5.56 Å². The Bertz CT molecular complexity index is 359. The summed E-state index contributed by atoms with van der Waals surface area (Å²) in [4.78, 5) is 9.60. The SMILES string of the molecule is COCCOc1ccc(C=C[N+](=O)[O-])cc1. The van der Waals surface area contributed by atoms with E-state index in [1.54, 1.807) is 31.4 Å². The molecule has 0 aliphatic rings. The summed E-state index contributed by atoms with van der Waals surface area (Å²) in [6.07, 6.45) is 2.33. The lowest BCUT2D eigenvalue weighted by atomic mass is 10.2. The highest BCUT2D eigenvalue weighted by atomic mass is 16.6. The second-order valence-corrected chi connectivity index (χ2v) is 3.01. The average molecular weight is 223 g/mol. The highest BCUT2D eigenvalue weighted by molar-refractivity contribution is 5.49. The number of ether oxygens (including phenoxy) is 2. The van der Waals surface area contributed by atoms with E-state index in [0.29, 0.717) is 13.2 Å². The molecular formula is C11H13NO4. The molecule has 0 saturated heterocycles. The molecule has 1 rings (SSSR count). The zero-order valence-electron chi connectivity index (χ0n) is 8.96. The van der Waals surface area contributed by atoms with Gasteiger partial charge in [-0.25, -0.2) is 0 Å². The number of nitro groups is 1. The fraction of sp³-hybridized carbons (Fsp3) is 0.273. The Balaban J connectivity index is 2.51. The van der Waals surface area contributed by atoms with Crippen molar-refractivity contribution in [3.63, 3.8) is 0 Å². The molecule has 5 nitrogen and oxygen atoms in total. The van der Waals surface area contributed by atoms with Crippen molar-refractivity contribution >= 4 is 6.08 Å². The molecule has 1 aromatic rings. The van der Waals surface area contributed by atoms with Crippen LogP contribution in [0.3, 0.4) is 0 Å². The van der Waals surface area contributed by atoms with E-state index in [9.17, 15) is 10.1 Å². The number of rotatable bonds is 6. The standard InChI is InChI=1S/C11H13NO4/c1-15-8-9-16-11-4-2-10(3-5-11)6-7-12(13)14/h2-7H,8-9H2,1H3. The molecule has 0 fully saturated rings. The first kappa shape index (κ1) is 12.2. The first-order chi connectivity index (χ1) is 7.72. The third-order valence-electron chi connectivity index (χ3n) is 1.82. The van der Waals surface area contributed by atoms with E-state index in [-0.39, 0.29) is 0 Å². The summed E-state index contributed by atoms with van der Waals surface area (Å²) in [5.74, 6) is 0.718. The predicted molar refractivity (Wildman–Crippen MR) is 59.8 cm³/mol. The van der Waals surface area contributed by atoms with E-state index in [1.165, 1.54) is 6.08 Å². The minimum atomic E-state index is -0.497. The molecule has 1 aromatic carbocycles. The van der Waals surface area contributed by atoms with Crippen LogP contribution in [0.25, 0.3) is 6.08 Å². The topological polar surface area (TPSA) is 61.6 Å². The molecule has 0 aromatic heterocycles. The zero-order valence-corrected chi connectivity index (χ0v) is 8.96. The summed E-state index contributed by atoms with van der Waals surface area (Å²) in [5.41, 5.74) is 0.760. The third kappa shape index (κ3) is 4.56. The highest BCUT2D eigenvalue weighted by Crippen LogP contribution is 2.12. The van der Waals surface area contributed by atoms with Crippen LogP contribution in [-0.4, -0.2) is 25.2 Å². The fourth-order valence-electron chi connectivity index (χ4n) is 1.06. The van der Waals surface area contributed by atoms with Crippen LogP contribution in [0.15, 0.2) is 30.5 Å². The summed E-state index contributed by atoms with van der Waals surface area (Å²) >= 11 is 0. The van der Waals surface area contributed by atoms with E-state index in [2.05, 4.69) is 0 Å². The Kier molecular flexibility index (Phi) is 5.01. The lowest BCUT2D eigenvalue weighted by Gasteiger charge is -2.04. The average Bonchev–Trinajstić information content (AvgIpc) is 2.28. The summed E-state index contributed by atoms with van der Waals surface area (Å²) in [5, 5.41) is 10.1. The second kappa shape index (κ2) is 6.58. The van der Waals surface area contributed by atoms with Crippen LogP contribution in [0.5, 0.6) is 5.75 Å². The Hall–Kier alpha value is -1.88. The molecule has 0 spiro atoms. The van der Waals surface area contributed by atoms with Gasteiger partial charge in [0.2, 0.25) is 6.20 Å². The van der Waals surface area contributed by atoms with Crippen LogP contribution >= 0.6 is 0 Å². The number of nitrogens with zero attached hydrogens (tertiary/aromatic N) is 1. The first-order valence-corrected chi connectivity index (χ1v) is 4.76. The molecule has 0 radical (unpaired) electrons. The molecular weight excluding hydrogens is 210 g/mol. The van der Waals surface area contributed by atoms with Crippen LogP contribution < -0.4 is 4.74 Å². The van der Waals surface area contributed by atoms with Crippen molar-refractivity contribution in [3.8, 4) is 5.75 Å². The molecule has 0 aliphatic carbocycles. The van der Waals surface area contributed by atoms with Crippen molar-refractivity contribution in [2.24, 2.45) is 0 Å². The van der Waals surface area contributed by atoms with Gasteiger partial charge in [-0.3, -0.25) is 10.1 Å². The van der Waals surface area contributed by atoms with Gasteiger partial charge in [0.25, 0.3) is 0 Å². The summed E-state index contributed by atoms with van der Waals surface area (Å²) in [6, 6.07) is 7.02. The van der Waals surface area contributed by atoms with E-state index >= 15 is 0 Å². The molecule has 0 saturated carbocycles. The maximum atomic E-state index is 10.1. The Morgan fingerprint density at radius 2 is 2.00 bits per heavy atom. The molecule has 16 heavy (non-hydrogen) atoms. The van der Waals surface area contributed by atoms with E-state index in [0.717, 1.165) is 17.5 Å². The fourth-order valence-corrected chi connectivity index (χ4v) is 1.06. The zero-order chi connectivity index (χ0) is 11.8. The maximum absolute atomic E-state index is 10.1. The predicted octanol–water partition coefficient (Wildman–Crippen LogP) is 1.96. The van der Waals surface area contributed by atoms with E-state index < -0.39 is 4.92 Å². The minimum absolute atomic E-state index is 0.487. The smallest absolute Gasteiger partial charge is 0.235 e. The summed E-state index contributed by atoms with van der Waals surface area (Å²) < 4.78 is 10.2. The van der Waals surface area contributed by atoms with Crippen molar-refractivity contribution in [2.75, 3.05) is 20.3 Å². The number of hydrogen-bond donors (Lipinski definition) is 0. The number of hydrogen-bond acceptors (Lipinski definition) is 4. The van der Waals surface area contributed by atoms with Crippen LogP contribution in [0.4, 0.5) is 0 Å². The second-order valence-electron chi connectivity index (χ2n) is 3.01. The van der Waals surface area contributed by atoms with Crippen LogP contribution in [0, 0.1) is 10.1 Å². The van der Waals surface area contributed by atoms with Crippen molar-refractivity contribution in [3.05, 3.63) is 46.1 Å². The summed E-state index contributed by atoms with van der Waals surface area (Å²) in [6.45, 7) is 1.02. The van der Waals surface area contributed by atoms with Crippen molar-refractivity contribution in [1.29, 1.82) is 0 Å². The highest BCUT2D eigenvalue weighted by Gasteiger charge is 1.94. The van der Waals surface area contributed by atoms with Gasteiger partial charge >= 0.3 is 0 Å². The van der Waals surface area contributed by atoms with E-state index in [4.69, 9.17) is 9.47 Å². The molecule has 0 heterocycles. The van der Waals surface area contributed by atoms with Gasteiger partial charge in [-0.2, -0.15) is 0 Å². The van der Waals surface area contributed by atoms with Gasteiger partial charge in [-0.15, -0.1) is 0 Å². The largest absolute Gasteiger partial charge is 0.491 e. The molecule has 0 bridgehead atoms. The molecule has 5 heteroatoms. The normalized spacial score (nSPS) is 10.6. The first-order valence-electron chi connectivity index (χ1n) is 4.76. The van der Waals surface area contributed by atoms with Gasteiger partial charge < -0.3 is 9.47 Å². The minimum Gasteiger partial charge on any atom is -0.491 e. The third-order valence-corrected chi connectivity index (χ3v) is 1.82. The van der Waals surface area contributed by atoms with Gasteiger partial charge in [0.05, 0.1) is 11.5 Å². The lowest BCUT2D eigenvalue weighted by Crippen LogP contribution is -2.03. The quantitative estimate of drug-likeness (QED) is 0.420. The maximum Gasteiger partial charge on any atom is 0.235 e. The van der Waals surface area contributed by atoms with Gasteiger partial charge in [0, 0.05) is 13.2 Å². The Labute approximate surface area is 93.4 Å². The van der Waals surface area contributed by atoms with E-state index in [1.807, 2.05) is 0 Å². The Morgan fingerprint density at radius 3 is 2.56 bits per heavy atom. The van der Waals surface area contributed by atoms with Gasteiger partial charge in [-0.05, 0) is 17.7 Å². The lowest BCUT2D eigenvalue weighted by molar-refractivity contribution is -0.400. The molecule has 0 aliphatic heterocycles. The monoisotopic (exact) mass is 223 g/mol. The van der Waals surface area contributed by atoms with Gasteiger partial charge in [-0.1, -0.05) is 12.1 Å². The number of benzene rings is 1. The van der Waals surface area contributed by atoms with Crippen molar-refractivity contribution < 1.29 is 14.4 Å².